The predicted molar refractivity (Wildman–Crippen MR) is 83.5 cm³/mol. The number of carbonyl (C=O) groups is 1. The van der Waals surface area contributed by atoms with Crippen LogP contribution in [0.3, 0.4) is 0 Å². The molecule has 2 saturated heterocycles. The minimum Gasteiger partial charge on any atom is -0.338 e. The Labute approximate surface area is 139 Å². The topological polar surface area (TPSA) is 36.4 Å². The van der Waals surface area contributed by atoms with Crippen LogP contribution < -0.4 is 0 Å². The molecule has 2 fully saturated rings. The number of likely N-dealkylation sites (tertiary alicyclic amines) is 2. The van der Waals surface area contributed by atoms with E-state index in [1.165, 1.54) is 6.07 Å². The summed E-state index contributed by atoms with van der Waals surface area (Å²) in [7, 11) is 2.09. The third-order valence-corrected chi connectivity index (χ3v) is 5.29. The fourth-order valence-electron chi connectivity index (χ4n) is 3.78. The van der Waals surface area contributed by atoms with Crippen LogP contribution in [0.25, 0.3) is 0 Å². The third-order valence-electron chi connectivity index (χ3n) is 5.29. The third kappa shape index (κ3) is 3.55. The number of nitrogens with zero attached hydrogens (tertiary/aromatic N) is 3. The van der Waals surface area contributed by atoms with Gasteiger partial charge in [-0.1, -0.05) is 0 Å². The number of aromatic nitrogens is 1. The van der Waals surface area contributed by atoms with E-state index in [1.54, 1.807) is 4.90 Å². The molecule has 1 amide bonds. The van der Waals surface area contributed by atoms with Gasteiger partial charge in [0.25, 0.3) is 5.91 Å². The van der Waals surface area contributed by atoms with Crippen LogP contribution in [0.2, 0.25) is 0 Å². The second-order valence-corrected chi connectivity index (χ2v) is 7.06. The van der Waals surface area contributed by atoms with Gasteiger partial charge in [0.2, 0.25) is 0 Å². The van der Waals surface area contributed by atoms with Gasteiger partial charge < -0.3 is 9.80 Å². The van der Waals surface area contributed by atoms with Crippen LogP contribution in [0.15, 0.2) is 18.3 Å². The van der Waals surface area contributed by atoms with Gasteiger partial charge in [-0.05, 0) is 63.4 Å². The molecule has 7 heteroatoms. The van der Waals surface area contributed by atoms with Gasteiger partial charge in [-0.2, -0.15) is 13.2 Å². The molecular weight excluding hydrogens is 319 g/mol. The van der Waals surface area contributed by atoms with E-state index in [-0.39, 0.29) is 16.9 Å². The molecule has 132 valence electrons. The van der Waals surface area contributed by atoms with Crippen molar-refractivity contribution in [1.29, 1.82) is 0 Å². The minimum absolute atomic E-state index is 0.0716. The van der Waals surface area contributed by atoms with Crippen LogP contribution >= 0.6 is 0 Å². The van der Waals surface area contributed by atoms with Gasteiger partial charge >= 0.3 is 6.18 Å². The van der Waals surface area contributed by atoms with Crippen molar-refractivity contribution >= 4 is 5.91 Å². The molecule has 2 aliphatic heterocycles. The summed E-state index contributed by atoms with van der Waals surface area (Å²) in [4.78, 5) is 20.0. The van der Waals surface area contributed by atoms with Crippen LogP contribution in [0.1, 0.15) is 41.7 Å². The highest BCUT2D eigenvalue weighted by atomic mass is 19.4. The molecule has 0 atom stereocenters. The summed E-state index contributed by atoms with van der Waals surface area (Å²) in [6.45, 7) is 3.27. The lowest BCUT2D eigenvalue weighted by atomic mass is 9.72. The Morgan fingerprint density at radius 1 is 1.21 bits per heavy atom. The zero-order chi connectivity index (χ0) is 17.4. The molecule has 3 rings (SSSR count). The lowest BCUT2D eigenvalue weighted by Gasteiger charge is -2.47. The second kappa shape index (κ2) is 6.35. The van der Waals surface area contributed by atoms with Crippen molar-refractivity contribution in [3.8, 4) is 0 Å². The normalized spacial score (nSPS) is 21.9. The molecule has 1 spiro atoms. The number of halogens is 3. The fourth-order valence-corrected chi connectivity index (χ4v) is 3.78. The molecule has 0 bridgehead atoms. The molecule has 0 aliphatic carbocycles. The maximum atomic E-state index is 12.8. The number of alkyl halides is 3. The Morgan fingerprint density at radius 3 is 2.58 bits per heavy atom. The largest absolute Gasteiger partial charge is 0.433 e. The molecule has 0 aromatic carbocycles. The van der Waals surface area contributed by atoms with E-state index in [2.05, 4.69) is 16.9 Å². The second-order valence-electron chi connectivity index (χ2n) is 7.06. The molecule has 1 aromatic rings. The van der Waals surface area contributed by atoms with Gasteiger partial charge in [0.1, 0.15) is 5.69 Å². The number of hydrogen-bond donors (Lipinski definition) is 0. The van der Waals surface area contributed by atoms with E-state index < -0.39 is 11.9 Å². The molecule has 0 radical (unpaired) electrons. The minimum atomic E-state index is -4.53. The number of amides is 1. The van der Waals surface area contributed by atoms with E-state index in [1.807, 2.05) is 0 Å². The van der Waals surface area contributed by atoms with E-state index in [0.717, 1.165) is 51.0 Å². The van der Waals surface area contributed by atoms with Crippen molar-refractivity contribution in [3.63, 3.8) is 0 Å². The van der Waals surface area contributed by atoms with E-state index in [9.17, 15) is 18.0 Å². The van der Waals surface area contributed by atoms with Crippen molar-refractivity contribution in [2.45, 2.75) is 31.9 Å². The molecule has 3 heterocycles. The lowest BCUT2D eigenvalue weighted by molar-refractivity contribution is -0.141. The van der Waals surface area contributed by atoms with Gasteiger partial charge in [-0.15, -0.1) is 0 Å². The monoisotopic (exact) mass is 341 g/mol. The number of hydrogen-bond acceptors (Lipinski definition) is 3. The summed E-state index contributed by atoms with van der Waals surface area (Å²) in [6.07, 6.45) is 0.606. The van der Waals surface area contributed by atoms with Crippen molar-refractivity contribution < 1.29 is 18.0 Å². The van der Waals surface area contributed by atoms with Gasteiger partial charge in [0, 0.05) is 24.8 Å². The summed E-state index contributed by atoms with van der Waals surface area (Å²) in [5.74, 6) is -0.319. The first-order valence-corrected chi connectivity index (χ1v) is 8.30. The van der Waals surface area contributed by atoms with Crippen molar-refractivity contribution in [2.24, 2.45) is 5.41 Å². The van der Waals surface area contributed by atoms with E-state index in [0.29, 0.717) is 13.1 Å². The molecule has 0 N–H and O–H groups in total. The summed E-state index contributed by atoms with van der Waals surface area (Å²) in [5.41, 5.74) is -0.818. The average molecular weight is 341 g/mol. The Balaban J connectivity index is 1.75. The average Bonchev–Trinajstić information content (AvgIpc) is 2.57. The van der Waals surface area contributed by atoms with Crippen LogP contribution in [0, 0.1) is 5.41 Å². The van der Waals surface area contributed by atoms with Gasteiger partial charge in [0.05, 0.1) is 0 Å². The maximum absolute atomic E-state index is 12.8. The Kier molecular flexibility index (Phi) is 4.55. The van der Waals surface area contributed by atoms with Crippen molar-refractivity contribution in [1.82, 2.24) is 14.8 Å². The molecule has 0 unspecified atom stereocenters. The van der Waals surface area contributed by atoms with Crippen LogP contribution in [-0.2, 0) is 6.18 Å². The number of pyridine rings is 1. The first kappa shape index (κ1) is 17.2. The Morgan fingerprint density at radius 2 is 1.92 bits per heavy atom. The number of piperidine rings is 2. The van der Waals surface area contributed by atoms with Crippen molar-refractivity contribution in [3.05, 3.63) is 29.6 Å². The SMILES string of the molecule is CN1CCC2(CCCN(C(=O)c3ccnc(C(F)(F)F)c3)C2)CC1. The van der Waals surface area contributed by atoms with Gasteiger partial charge in [-0.25, -0.2) is 0 Å². The van der Waals surface area contributed by atoms with Crippen molar-refractivity contribution in [2.75, 3.05) is 33.2 Å². The summed E-state index contributed by atoms with van der Waals surface area (Å²) < 4.78 is 38.4. The molecule has 2 aliphatic rings. The molecule has 4 nitrogen and oxygen atoms in total. The van der Waals surface area contributed by atoms with Gasteiger partial charge in [-0.3, -0.25) is 9.78 Å². The highest BCUT2D eigenvalue weighted by Gasteiger charge is 2.39. The Hall–Kier alpha value is -1.63. The van der Waals surface area contributed by atoms with E-state index >= 15 is 0 Å². The zero-order valence-electron chi connectivity index (χ0n) is 13.8. The fraction of sp³-hybridized carbons (Fsp3) is 0.647. The van der Waals surface area contributed by atoms with Crippen LogP contribution in [-0.4, -0.2) is 53.9 Å². The Bertz CT molecular complexity index is 609. The number of carbonyl (C=O) groups excluding carboxylic acids is 1. The highest BCUT2D eigenvalue weighted by molar-refractivity contribution is 5.94. The summed E-state index contributed by atoms with van der Waals surface area (Å²) in [5, 5.41) is 0. The number of rotatable bonds is 1. The van der Waals surface area contributed by atoms with Gasteiger partial charge in [0.15, 0.2) is 0 Å². The highest BCUT2D eigenvalue weighted by Crippen LogP contribution is 2.40. The predicted octanol–water partition coefficient (Wildman–Crippen LogP) is 3.05. The quantitative estimate of drug-likeness (QED) is 0.788. The zero-order valence-corrected chi connectivity index (χ0v) is 13.8. The lowest BCUT2D eigenvalue weighted by Crippen LogP contribution is -2.50. The van der Waals surface area contributed by atoms with Crippen LogP contribution in [0.5, 0.6) is 0 Å². The summed E-state index contributed by atoms with van der Waals surface area (Å²) in [6, 6.07) is 2.23. The van der Waals surface area contributed by atoms with E-state index in [4.69, 9.17) is 0 Å². The molecule has 24 heavy (non-hydrogen) atoms. The first-order chi connectivity index (χ1) is 11.3. The molecule has 1 aromatic heterocycles. The van der Waals surface area contributed by atoms with Crippen LogP contribution in [0.4, 0.5) is 13.2 Å². The molecule has 0 saturated carbocycles. The standard InChI is InChI=1S/C17H22F3N3O/c1-22-9-5-16(6-10-22)4-2-8-23(12-16)15(24)13-3-7-21-14(11-13)17(18,19)20/h3,7,11H,2,4-6,8-10,12H2,1H3. The maximum Gasteiger partial charge on any atom is 0.433 e. The first-order valence-electron chi connectivity index (χ1n) is 8.30. The smallest absolute Gasteiger partial charge is 0.338 e. The summed E-state index contributed by atoms with van der Waals surface area (Å²) >= 11 is 0. The molecular formula is C17H22F3N3O.